The number of benzene rings is 3. The number of piperazine rings is 1. The number of aromatic nitrogens is 1. The molecular formula is C30H29N3O3. The van der Waals surface area contributed by atoms with Crippen LogP contribution in [-0.2, 0) is 29.0 Å². The fourth-order valence-corrected chi connectivity index (χ4v) is 5.87. The predicted octanol–water partition coefficient (Wildman–Crippen LogP) is 4.65. The van der Waals surface area contributed by atoms with E-state index < -0.39 is 6.04 Å². The maximum absolute atomic E-state index is 13.9. The number of hydrogen-bond donors (Lipinski definition) is 1. The molecule has 1 saturated heterocycles. The van der Waals surface area contributed by atoms with E-state index in [4.69, 9.17) is 4.74 Å². The van der Waals surface area contributed by atoms with E-state index in [-0.39, 0.29) is 24.4 Å². The molecule has 2 aliphatic rings. The zero-order valence-electron chi connectivity index (χ0n) is 20.3. The highest BCUT2D eigenvalue weighted by molar-refractivity contribution is 5.97. The minimum atomic E-state index is -0.506. The van der Waals surface area contributed by atoms with Crippen molar-refractivity contribution in [2.24, 2.45) is 0 Å². The monoisotopic (exact) mass is 479 g/mol. The molecule has 0 spiro atoms. The number of carbonyl (C=O) groups is 2. The molecule has 36 heavy (non-hydrogen) atoms. The lowest BCUT2D eigenvalue weighted by Crippen LogP contribution is -2.62. The van der Waals surface area contributed by atoms with Crippen LogP contribution in [0.15, 0.2) is 78.9 Å². The molecule has 0 radical (unpaired) electrons. The van der Waals surface area contributed by atoms with E-state index in [2.05, 4.69) is 29.2 Å². The lowest BCUT2D eigenvalue weighted by molar-refractivity contribution is -0.160. The minimum absolute atomic E-state index is 0.00106. The van der Waals surface area contributed by atoms with Crippen molar-refractivity contribution >= 4 is 22.7 Å². The van der Waals surface area contributed by atoms with Gasteiger partial charge in [-0.3, -0.25) is 9.59 Å². The molecular weight excluding hydrogens is 450 g/mol. The van der Waals surface area contributed by atoms with E-state index >= 15 is 0 Å². The Morgan fingerprint density at radius 3 is 2.53 bits per heavy atom. The van der Waals surface area contributed by atoms with Crippen LogP contribution in [0.25, 0.3) is 10.9 Å². The van der Waals surface area contributed by atoms with E-state index in [0.717, 1.165) is 46.3 Å². The number of H-pyrrole nitrogens is 1. The number of fused-ring (bicyclic) bond motifs is 4. The number of methoxy groups -OCH3 is 1. The average Bonchev–Trinajstić information content (AvgIpc) is 3.29. The normalized spacial score (nSPS) is 19.4. The molecule has 3 aromatic carbocycles. The first kappa shape index (κ1) is 22.4. The predicted molar refractivity (Wildman–Crippen MR) is 139 cm³/mol. The molecule has 0 saturated carbocycles. The van der Waals surface area contributed by atoms with Crippen LogP contribution in [0, 0.1) is 0 Å². The number of ether oxygens (including phenoxy) is 1. The van der Waals surface area contributed by atoms with E-state index in [9.17, 15) is 9.59 Å². The standard InChI is InChI=1S/C30H29N3O3/c1-36-27-14-8-5-11-21(27)18-32-19-28(34)33-25(16-15-20-9-3-2-4-10-20)29-23(17-26(33)30(32)35)22-12-6-7-13-24(22)31-29/h2-14,25-26,31H,15-19H2,1H3. The number of carbonyl (C=O) groups excluding carboxylic acids is 2. The maximum Gasteiger partial charge on any atom is 0.246 e. The van der Waals surface area contributed by atoms with Gasteiger partial charge in [0.15, 0.2) is 0 Å². The second-order valence-electron chi connectivity index (χ2n) is 9.63. The van der Waals surface area contributed by atoms with Crippen molar-refractivity contribution in [3.8, 4) is 5.75 Å². The van der Waals surface area contributed by atoms with Gasteiger partial charge in [0, 0.05) is 35.1 Å². The highest BCUT2D eigenvalue weighted by Gasteiger charge is 2.47. The Bertz CT molecular complexity index is 1430. The first-order chi connectivity index (χ1) is 17.6. The van der Waals surface area contributed by atoms with Crippen LogP contribution >= 0.6 is 0 Å². The highest BCUT2D eigenvalue weighted by Crippen LogP contribution is 2.41. The van der Waals surface area contributed by atoms with Gasteiger partial charge >= 0.3 is 0 Å². The van der Waals surface area contributed by atoms with Crippen LogP contribution in [0.1, 0.15) is 34.8 Å². The molecule has 6 nitrogen and oxygen atoms in total. The Balaban J connectivity index is 1.36. The summed E-state index contributed by atoms with van der Waals surface area (Å²) < 4.78 is 5.49. The zero-order valence-corrected chi connectivity index (χ0v) is 20.3. The third kappa shape index (κ3) is 3.83. The van der Waals surface area contributed by atoms with Crippen LogP contribution in [0.4, 0.5) is 0 Å². The third-order valence-corrected chi connectivity index (χ3v) is 7.56. The van der Waals surface area contributed by atoms with Crippen LogP contribution in [0.2, 0.25) is 0 Å². The lowest BCUT2D eigenvalue weighted by atomic mass is 9.86. The first-order valence-corrected chi connectivity index (χ1v) is 12.5. The quantitative estimate of drug-likeness (QED) is 0.438. The van der Waals surface area contributed by atoms with E-state index in [1.807, 2.05) is 59.5 Å². The summed E-state index contributed by atoms with van der Waals surface area (Å²) in [5.74, 6) is 0.724. The molecule has 1 aromatic heterocycles. The van der Waals surface area contributed by atoms with Gasteiger partial charge in [-0.1, -0.05) is 66.7 Å². The van der Waals surface area contributed by atoms with E-state index in [1.165, 1.54) is 5.56 Å². The molecule has 1 N–H and O–H groups in total. The zero-order chi connectivity index (χ0) is 24.6. The van der Waals surface area contributed by atoms with Gasteiger partial charge in [-0.05, 0) is 36.1 Å². The molecule has 0 aliphatic carbocycles. The minimum Gasteiger partial charge on any atom is -0.496 e. The second kappa shape index (κ2) is 9.19. The molecule has 6 heteroatoms. The van der Waals surface area contributed by atoms with Crippen molar-refractivity contribution in [3.63, 3.8) is 0 Å². The lowest BCUT2D eigenvalue weighted by Gasteiger charge is -2.47. The van der Waals surface area contributed by atoms with Gasteiger partial charge in [0.2, 0.25) is 11.8 Å². The summed E-state index contributed by atoms with van der Waals surface area (Å²) in [7, 11) is 1.63. The topological polar surface area (TPSA) is 65.6 Å². The van der Waals surface area contributed by atoms with Crippen molar-refractivity contribution in [2.45, 2.75) is 37.9 Å². The molecule has 2 atom stereocenters. The molecule has 182 valence electrons. The molecule has 2 unspecified atom stereocenters. The van der Waals surface area contributed by atoms with Crippen molar-refractivity contribution in [1.82, 2.24) is 14.8 Å². The fraction of sp³-hybridized carbons (Fsp3) is 0.267. The third-order valence-electron chi connectivity index (χ3n) is 7.56. The van der Waals surface area contributed by atoms with E-state index in [0.29, 0.717) is 13.0 Å². The Kier molecular flexibility index (Phi) is 5.72. The number of nitrogens with zero attached hydrogens (tertiary/aromatic N) is 2. The van der Waals surface area contributed by atoms with Crippen LogP contribution in [0.5, 0.6) is 5.75 Å². The van der Waals surface area contributed by atoms with Crippen molar-refractivity contribution in [3.05, 3.63) is 101 Å². The Morgan fingerprint density at radius 1 is 0.944 bits per heavy atom. The molecule has 1 fully saturated rings. The Hall–Kier alpha value is -4.06. The number of rotatable bonds is 6. The number of nitrogens with one attached hydrogen (secondary N) is 1. The molecule has 2 amide bonds. The van der Waals surface area contributed by atoms with Gasteiger partial charge in [0.1, 0.15) is 18.3 Å². The molecule has 3 heterocycles. The van der Waals surface area contributed by atoms with Gasteiger partial charge in [0.05, 0.1) is 13.2 Å². The largest absolute Gasteiger partial charge is 0.496 e. The SMILES string of the molecule is COc1ccccc1CN1CC(=O)N2C(Cc3c([nH]c4ccccc34)C2CCc2ccccc2)C1=O. The average molecular weight is 480 g/mol. The summed E-state index contributed by atoms with van der Waals surface area (Å²) in [5.41, 5.74) is 5.41. The Morgan fingerprint density at radius 2 is 1.69 bits per heavy atom. The number of amides is 2. The summed E-state index contributed by atoms with van der Waals surface area (Å²) in [6.45, 7) is 0.430. The summed E-state index contributed by atoms with van der Waals surface area (Å²) in [5, 5.41) is 1.14. The van der Waals surface area contributed by atoms with Crippen LogP contribution < -0.4 is 4.74 Å². The Labute approximate surface area is 210 Å². The van der Waals surface area contributed by atoms with E-state index in [1.54, 1.807) is 12.0 Å². The number of para-hydroxylation sites is 2. The summed E-state index contributed by atoms with van der Waals surface area (Å²) >= 11 is 0. The van der Waals surface area contributed by atoms with Gasteiger partial charge in [-0.15, -0.1) is 0 Å². The van der Waals surface area contributed by atoms with Crippen LogP contribution in [0.3, 0.4) is 0 Å². The van der Waals surface area contributed by atoms with Crippen LogP contribution in [-0.4, -0.2) is 46.3 Å². The van der Waals surface area contributed by atoms with Crippen molar-refractivity contribution < 1.29 is 14.3 Å². The molecule has 6 rings (SSSR count). The van der Waals surface area contributed by atoms with Gasteiger partial charge < -0.3 is 19.5 Å². The number of aryl methyl sites for hydroxylation is 1. The second-order valence-corrected chi connectivity index (χ2v) is 9.63. The maximum atomic E-state index is 13.9. The smallest absolute Gasteiger partial charge is 0.246 e. The fourth-order valence-electron chi connectivity index (χ4n) is 5.87. The van der Waals surface area contributed by atoms with Crippen molar-refractivity contribution in [1.29, 1.82) is 0 Å². The van der Waals surface area contributed by atoms with Gasteiger partial charge in [0.25, 0.3) is 0 Å². The summed E-state index contributed by atoms with van der Waals surface area (Å²) in [6.07, 6.45) is 2.11. The number of aromatic amines is 1. The molecule has 4 aromatic rings. The van der Waals surface area contributed by atoms with Crippen molar-refractivity contribution in [2.75, 3.05) is 13.7 Å². The van der Waals surface area contributed by atoms with Gasteiger partial charge in [-0.2, -0.15) is 0 Å². The number of hydrogen-bond acceptors (Lipinski definition) is 3. The summed E-state index contributed by atoms with van der Waals surface area (Å²) in [4.78, 5) is 34.7. The van der Waals surface area contributed by atoms with Gasteiger partial charge in [-0.25, -0.2) is 0 Å². The molecule has 0 bridgehead atoms. The molecule has 2 aliphatic heterocycles. The summed E-state index contributed by atoms with van der Waals surface area (Å²) in [6, 6.07) is 25.5. The first-order valence-electron chi connectivity index (χ1n) is 12.5. The highest BCUT2D eigenvalue weighted by atomic mass is 16.5.